The molecule has 4 rings (SSSR count). The van der Waals surface area contributed by atoms with E-state index in [1.807, 2.05) is 12.1 Å². The molecule has 1 aliphatic carbocycles. The highest BCUT2D eigenvalue weighted by Crippen LogP contribution is 2.38. The highest BCUT2D eigenvalue weighted by molar-refractivity contribution is 5.66. The first-order chi connectivity index (χ1) is 19.1. The number of unbranched alkanes of at least 4 members (excludes halogenated alkanes) is 2. The molecule has 2 nitrogen and oxygen atoms in total. The van der Waals surface area contributed by atoms with E-state index in [0.29, 0.717) is 30.2 Å². The average Bonchev–Trinajstić information content (AvgIpc) is 2.91. The smallest absolute Gasteiger partial charge is 0.433 e. The van der Waals surface area contributed by atoms with E-state index in [4.69, 9.17) is 4.74 Å². The van der Waals surface area contributed by atoms with Crippen molar-refractivity contribution in [1.82, 2.24) is 0 Å². The molecule has 0 radical (unpaired) electrons. The minimum absolute atomic E-state index is 0.188. The summed E-state index contributed by atoms with van der Waals surface area (Å²) in [6.07, 6.45) is 5.67. The van der Waals surface area contributed by atoms with Crippen molar-refractivity contribution >= 4 is 0 Å². The number of ether oxygens (including phenoxy) is 2. The molecule has 0 heterocycles. The summed E-state index contributed by atoms with van der Waals surface area (Å²) in [6, 6.07) is 8.61. The number of rotatable bonds is 11. The van der Waals surface area contributed by atoms with Crippen LogP contribution in [0.2, 0.25) is 0 Å². The molecule has 0 aromatic heterocycles. The van der Waals surface area contributed by atoms with Crippen molar-refractivity contribution in [3.63, 3.8) is 0 Å². The quantitative estimate of drug-likeness (QED) is 0.130. The highest BCUT2D eigenvalue weighted by atomic mass is 19.3. The summed E-state index contributed by atoms with van der Waals surface area (Å²) < 4.78 is 108. The van der Waals surface area contributed by atoms with Gasteiger partial charge in [-0.05, 0) is 72.9 Å². The number of halogens is 7. The largest absolute Gasteiger partial charge is 0.483 e. The fourth-order valence-electron chi connectivity index (χ4n) is 5.26. The Kier molecular flexibility index (Phi) is 9.64. The van der Waals surface area contributed by atoms with Gasteiger partial charge in [0, 0.05) is 12.1 Å². The summed E-state index contributed by atoms with van der Waals surface area (Å²) in [5.74, 6) is -7.45. The summed E-state index contributed by atoms with van der Waals surface area (Å²) in [6.45, 7) is 0.974. The molecule has 1 aliphatic rings. The SMILES string of the molecule is CCCCCC1CCC(c2ccc(OCC(F)(F)Oc3cc(F)c(-c4cc(F)c(F)c(F)c4)c(F)c3)cc2)CC1. The van der Waals surface area contributed by atoms with Crippen molar-refractivity contribution < 1.29 is 40.2 Å². The predicted octanol–water partition coefficient (Wildman–Crippen LogP) is 9.95. The van der Waals surface area contributed by atoms with E-state index in [1.54, 1.807) is 12.1 Å². The van der Waals surface area contributed by atoms with Crippen LogP contribution in [-0.4, -0.2) is 12.7 Å². The molecule has 1 saturated carbocycles. The van der Waals surface area contributed by atoms with Gasteiger partial charge in [0.25, 0.3) is 0 Å². The van der Waals surface area contributed by atoms with Crippen LogP contribution < -0.4 is 9.47 Å². The maximum Gasteiger partial charge on any atom is 0.433 e. The van der Waals surface area contributed by atoms with Crippen molar-refractivity contribution in [2.45, 2.75) is 70.3 Å². The van der Waals surface area contributed by atoms with Gasteiger partial charge < -0.3 is 9.47 Å². The molecule has 0 amide bonds. The van der Waals surface area contributed by atoms with E-state index >= 15 is 0 Å². The Morgan fingerprint density at radius 3 is 1.93 bits per heavy atom. The fourth-order valence-corrected chi connectivity index (χ4v) is 5.26. The van der Waals surface area contributed by atoms with Crippen molar-refractivity contribution in [3.05, 3.63) is 83.2 Å². The van der Waals surface area contributed by atoms with E-state index in [0.717, 1.165) is 24.3 Å². The second kappa shape index (κ2) is 13.0. The van der Waals surface area contributed by atoms with Crippen LogP contribution in [0, 0.1) is 35.0 Å². The molecule has 0 N–H and O–H groups in total. The van der Waals surface area contributed by atoms with Gasteiger partial charge >= 0.3 is 6.11 Å². The summed E-state index contributed by atoms with van der Waals surface area (Å²) in [4.78, 5) is 0. The zero-order valence-corrected chi connectivity index (χ0v) is 22.1. The third-order valence-corrected chi connectivity index (χ3v) is 7.38. The molecule has 216 valence electrons. The molecule has 0 bridgehead atoms. The predicted molar refractivity (Wildman–Crippen MR) is 138 cm³/mol. The molecule has 0 atom stereocenters. The van der Waals surface area contributed by atoms with Crippen LogP contribution in [-0.2, 0) is 0 Å². The van der Waals surface area contributed by atoms with Gasteiger partial charge in [-0.1, -0.05) is 44.7 Å². The first kappa shape index (κ1) is 29.7. The van der Waals surface area contributed by atoms with Crippen LogP contribution in [0.3, 0.4) is 0 Å². The lowest BCUT2D eigenvalue weighted by Crippen LogP contribution is -2.32. The molecule has 0 unspecified atom stereocenters. The van der Waals surface area contributed by atoms with Gasteiger partial charge in [0.1, 0.15) is 23.1 Å². The summed E-state index contributed by atoms with van der Waals surface area (Å²) in [7, 11) is 0. The zero-order chi connectivity index (χ0) is 28.9. The minimum atomic E-state index is -3.96. The fraction of sp³-hybridized carbons (Fsp3) is 0.419. The second-order valence-corrected chi connectivity index (χ2v) is 10.3. The maximum absolute atomic E-state index is 14.5. The first-order valence-corrected chi connectivity index (χ1v) is 13.5. The van der Waals surface area contributed by atoms with Crippen molar-refractivity contribution in [2.75, 3.05) is 6.61 Å². The van der Waals surface area contributed by atoms with Gasteiger partial charge in [-0.15, -0.1) is 0 Å². The molecule has 0 aliphatic heterocycles. The van der Waals surface area contributed by atoms with Crippen LogP contribution in [0.1, 0.15) is 69.8 Å². The van der Waals surface area contributed by atoms with E-state index < -0.39 is 58.7 Å². The zero-order valence-electron chi connectivity index (χ0n) is 22.1. The van der Waals surface area contributed by atoms with Crippen LogP contribution >= 0.6 is 0 Å². The molecule has 0 saturated heterocycles. The molecule has 3 aromatic carbocycles. The van der Waals surface area contributed by atoms with Crippen molar-refractivity contribution in [1.29, 1.82) is 0 Å². The van der Waals surface area contributed by atoms with Gasteiger partial charge in [-0.3, -0.25) is 0 Å². The topological polar surface area (TPSA) is 18.5 Å². The monoisotopic (exact) mass is 568 g/mol. The number of hydrogen-bond acceptors (Lipinski definition) is 2. The standard InChI is InChI=1S/C31H31F7O2/c1-2-3-4-5-19-6-8-20(9-7-19)21-10-12-23(13-11-21)39-18-31(37,38)40-24-16-25(32)29(26(33)17-24)22-14-27(34)30(36)28(35)15-22/h10-17,19-20H,2-9,18H2,1H3. The first-order valence-electron chi connectivity index (χ1n) is 13.5. The second-order valence-electron chi connectivity index (χ2n) is 10.3. The summed E-state index contributed by atoms with van der Waals surface area (Å²) in [5, 5.41) is 0. The maximum atomic E-state index is 14.5. The van der Waals surface area contributed by atoms with Gasteiger partial charge in [-0.25, -0.2) is 22.0 Å². The minimum Gasteiger partial charge on any atom is -0.483 e. The van der Waals surface area contributed by atoms with Crippen LogP contribution in [0.4, 0.5) is 30.7 Å². The Morgan fingerprint density at radius 2 is 1.35 bits per heavy atom. The Morgan fingerprint density at radius 1 is 0.750 bits per heavy atom. The highest BCUT2D eigenvalue weighted by Gasteiger charge is 2.34. The summed E-state index contributed by atoms with van der Waals surface area (Å²) >= 11 is 0. The Labute approximate surface area is 229 Å². The normalized spacial score (nSPS) is 17.6. The third-order valence-electron chi connectivity index (χ3n) is 7.38. The van der Waals surface area contributed by atoms with Crippen LogP contribution in [0.5, 0.6) is 11.5 Å². The lowest BCUT2D eigenvalue weighted by Gasteiger charge is -2.29. The van der Waals surface area contributed by atoms with Gasteiger partial charge in [0.15, 0.2) is 24.1 Å². The lowest BCUT2D eigenvalue weighted by molar-refractivity contribution is -0.195. The van der Waals surface area contributed by atoms with Crippen molar-refractivity contribution in [3.8, 4) is 22.6 Å². The molecule has 9 heteroatoms. The molecule has 40 heavy (non-hydrogen) atoms. The van der Waals surface area contributed by atoms with E-state index in [-0.39, 0.29) is 5.75 Å². The Bertz CT molecular complexity index is 1240. The van der Waals surface area contributed by atoms with Crippen LogP contribution in [0.25, 0.3) is 11.1 Å². The average molecular weight is 569 g/mol. The molecular weight excluding hydrogens is 537 g/mol. The van der Waals surface area contributed by atoms with E-state index in [9.17, 15) is 30.7 Å². The Hall–Kier alpha value is -3.23. The Balaban J connectivity index is 1.33. The molecule has 1 fully saturated rings. The number of benzene rings is 3. The van der Waals surface area contributed by atoms with Crippen molar-refractivity contribution in [2.24, 2.45) is 5.92 Å². The third kappa shape index (κ3) is 7.49. The molecule has 3 aromatic rings. The number of alkyl halides is 2. The molecule has 0 spiro atoms. The number of hydrogen-bond donors (Lipinski definition) is 0. The van der Waals surface area contributed by atoms with E-state index in [2.05, 4.69) is 11.7 Å². The summed E-state index contributed by atoms with van der Waals surface area (Å²) in [5.41, 5.74) is -0.430. The van der Waals surface area contributed by atoms with Gasteiger partial charge in [-0.2, -0.15) is 8.78 Å². The molecular formula is C31H31F7O2. The lowest BCUT2D eigenvalue weighted by atomic mass is 9.77. The van der Waals surface area contributed by atoms with Crippen LogP contribution in [0.15, 0.2) is 48.5 Å². The van der Waals surface area contributed by atoms with Gasteiger partial charge in [0.2, 0.25) is 0 Å². The van der Waals surface area contributed by atoms with E-state index in [1.165, 1.54) is 38.5 Å². The van der Waals surface area contributed by atoms with Gasteiger partial charge in [0.05, 0.1) is 5.56 Å².